The predicted octanol–water partition coefficient (Wildman–Crippen LogP) is 4.24. The summed E-state index contributed by atoms with van der Waals surface area (Å²) in [6.07, 6.45) is 9.57. The Balaban J connectivity index is 1.29. The third-order valence-corrected chi connectivity index (χ3v) is 11.1. The third-order valence-electron chi connectivity index (χ3n) is 11.1. The Morgan fingerprint density at radius 1 is 1.20 bits per heavy atom. The van der Waals surface area contributed by atoms with Gasteiger partial charge in [0.2, 0.25) is 5.78 Å². The van der Waals surface area contributed by atoms with E-state index in [4.69, 9.17) is 9.57 Å². The second-order valence-corrected chi connectivity index (χ2v) is 13.2. The van der Waals surface area contributed by atoms with Crippen LogP contribution in [0.25, 0.3) is 0 Å². The Kier molecular flexibility index (Phi) is 6.91. The number of fused-ring (bicyclic) bond motifs is 7. The second kappa shape index (κ2) is 10.0. The molecule has 1 saturated heterocycles. The minimum atomic E-state index is -1.14. The number of aryl methyl sites for hydroxylation is 1. The number of ketones is 2. The van der Waals surface area contributed by atoms with E-state index in [0.717, 1.165) is 37.7 Å². The SMILES string of the molecule is CC(=O)OCC(=O)[C@@]12ON(CCCc3ccccc3)C[C@@H]1C[C@H]1[C@@H]3CCC4=CC(=O)C=C[C@]4(C)[C@H]3[C@@H](O)C[C@@]12C. The first-order chi connectivity index (χ1) is 19.1. The lowest BCUT2D eigenvalue weighted by molar-refractivity contribution is -0.251. The number of hydroxylamine groups is 2. The quantitative estimate of drug-likeness (QED) is 0.511. The van der Waals surface area contributed by atoms with Crippen molar-refractivity contribution in [1.29, 1.82) is 0 Å². The summed E-state index contributed by atoms with van der Waals surface area (Å²) >= 11 is 0. The van der Waals surface area contributed by atoms with Crippen molar-refractivity contribution in [1.82, 2.24) is 5.06 Å². The molecule has 8 atom stereocenters. The van der Waals surface area contributed by atoms with E-state index in [1.807, 2.05) is 29.3 Å². The highest BCUT2D eigenvalue weighted by Crippen LogP contribution is 2.70. The summed E-state index contributed by atoms with van der Waals surface area (Å²) in [6, 6.07) is 10.3. The second-order valence-electron chi connectivity index (χ2n) is 13.2. The molecule has 4 aliphatic carbocycles. The van der Waals surface area contributed by atoms with Gasteiger partial charge in [-0.05, 0) is 68.1 Å². The number of nitrogens with zero attached hydrogens (tertiary/aromatic N) is 1. The van der Waals surface area contributed by atoms with E-state index >= 15 is 0 Å². The zero-order chi connectivity index (χ0) is 28.3. The topological polar surface area (TPSA) is 93.1 Å². The van der Waals surface area contributed by atoms with Crippen molar-refractivity contribution in [2.45, 2.75) is 71.0 Å². The molecule has 0 spiro atoms. The summed E-state index contributed by atoms with van der Waals surface area (Å²) in [7, 11) is 0. The number of esters is 1. The zero-order valence-electron chi connectivity index (χ0n) is 23.8. The van der Waals surface area contributed by atoms with Crippen LogP contribution in [0, 0.1) is 34.5 Å². The van der Waals surface area contributed by atoms with Crippen LogP contribution >= 0.6 is 0 Å². The van der Waals surface area contributed by atoms with E-state index in [0.29, 0.717) is 19.5 Å². The standard InChI is InChI=1S/C33H41NO6/c1-21(35)39-20-29(38)33-24(19-34(40-33)15-7-10-22-8-5-4-6-9-22)17-27-26-12-11-23-16-25(36)13-14-31(23,2)30(26)28(37)18-32(27,33)3/h4-6,8-9,13-14,16,24,26-28,30,37H,7,10-12,15,17-20H2,1-3H3/t24-,26-,27-,28-,30+,31-,32-,33-/m0/s1. The van der Waals surface area contributed by atoms with Crippen LogP contribution in [-0.4, -0.2) is 59.1 Å². The number of rotatable bonds is 7. The average Bonchev–Trinajstić information content (AvgIpc) is 3.40. The molecular weight excluding hydrogens is 506 g/mol. The van der Waals surface area contributed by atoms with Crippen LogP contribution in [0.3, 0.4) is 0 Å². The van der Waals surface area contributed by atoms with Crippen molar-refractivity contribution >= 4 is 17.5 Å². The molecular formula is C33H41NO6. The van der Waals surface area contributed by atoms with Gasteiger partial charge in [-0.25, -0.2) is 0 Å². The number of allylic oxidation sites excluding steroid dienone is 4. The number of ether oxygens (including phenoxy) is 1. The van der Waals surface area contributed by atoms with Crippen LogP contribution in [-0.2, 0) is 30.4 Å². The maximum Gasteiger partial charge on any atom is 0.303 e. The molecule has 0 radical (unpaired) electrons. The number of carbonyl (C=O) groups is 3. The van der Waals surface area contributed by atoms with Crippen molar-refractivity contribution in [2.24, 2.45) is 34.5 Å². The Labute approximate surface area is 236 Å². The summed E-state index contributed by atoms with van der Waals surface area (Å²) in [4.78, 5) is 44.7. The molecule has 1 aliphatic heterocycles. The molecule has 3 saturated carbocycles. The zero-order valence-corrected chi connectivity index (χ0v) is 23.8. The molecule has 7 heteroatoms. The minimum Gasteiger partial charge on any atom is -0.458 e. The lowest BCUT2D eigenvalue weighted by atomic mass is 9.46. The maximum atomic E-state index is 14.1. The molecule has 214 valence electrons. The Hall–Kier alpha value is -2.61. The summed E-state index contributed by atoms with van der Waals surface area (Å²) < 4.78 is 5.25. The van der Waals surface area contributed by atoms with Crippen molar-refractivity contribution in [3.63, 3.8) is 0 Å². The molecule has 5 aliphatic rings. The Morgan fingerprint density at radius 2 is 1.98 bits per heavy atom. The normalized spacial score (nSPS) is 40.0. The molecule has 7 nitrogen and oxygen atoms in total. The number of aliphatic hydroxyl groups excluding tert-OH is 1. The van der Waals surface area contributed by atoms with E-state index < -0.39 is 23.1 Å². The average molecular weight is 548 g/mol. The van der Waals surface area contributed by atoms with Gasteiger partial charge < -0.3 is 9.84 Å². The number of aliphatic hydroxyl groups is 1. The summed E-state index contributed by atoms with van der Waals surface area (Å²) in [6.45, 7) is 6.65. The number of benzene rings is 1. The molecule has 1 heterocycles. The van der Waals surface area contributed by atoms with Crippen LogP contribution in [0.1, 0.15) is 58.4 Å². The van der Waals surface area contributed by atoms with E-state index in [2.05, 4.69) is 26.0 Å². The molecule has 1 aromatic rings. The molecule has 0 bridgehead atoms. The van der Waals surface area contributed by atoms with E-state index in [1.54, 1.807) is 12.2 Å². The van der Waals surface area contributed by atoms with Gasteiger partial charge in [0.1, 0.15) is 0 Å². The summed E-state index contributed by atoms with van der Waals surface area (Å²) in [5.74, 6) is -0.332. The number of hydrogen-bond donors (Lipinski definition) is 1. The highest BCUT2D eigenvalue weighted by Gasteiger charge is 2.75. The van der Waals surface area contributed by atoms with Gasteiger partial charge in [0.15, 0.2) is 18.0 Å². The Bertz CT molecular complexity index is 1260. The first-order valence-electron chi connectivity index (χ1n) is 14.9. The Morgan fingerprint density at radius 3 is 2.73 bits per heavy atom. The maximum absolute atomic E-state index is 14.1. The van der Waals surface area contributed by atoms with Gasteiger partial charge in [0, 0.05) is 42.7 Å². The fraction of sp³-hybridized carbons (Fsp3) is 0.606. The molecule has 1 N–H and O–H groups in total. The van der Waals surface area contributed by atoms with Gasteiger partial charge in [0.25, 0.3) is 0 Å². The van der Waals surface area contributed by atoms with Gasteiger partial charge in [-0.2, -0.15) is 5.06 Å². The largest absolute Gasteiger partial charge is 0.458 e. The molecule has 40 heavy (non-hydrogen) atoms. The molecule has 0 unspecified atom stereocenters. The van der Waals surface area contributed by atoms with Gasteiger partial charge >= 0.3 is 5.97 Å². The van der Waals surface area contributed by atoms with Crippen molar-refractivity contribution < 1.29 is 29.1 Å². The lowest BCUT2D eigenvalue weighted by Crippen LogP contribution is -2.63. The minimum absolute atomic E-state index is 0.0173. The van der Waals surface area contributed by atoms with E-state index in [-0.39, 0.29) is 47.3 Å². The van der Waals surface area contributed by atoms with Crippen molar-refractivity contribution in [3.8, 4) is 0 Å². The van der Waals surface area contributed by atoms with Crippen LogP contribution < -0.4 is 0 Å². The lowest BCUT2D eigenvalue weighted by Gasteiger charge is -2.59. The van der Waals surface area contributed by atoms with E-state index in [1.165, 1.54) is 12.5 Å². The predicted molar refractivity (Wildman–Crippen MR) is 149 cm³/mol. The molecule has 1 aromatic carbocycles. The monoisotopic (exact) mass is 547 g/mol. The van der Waals surface area contributed by atoms with Crippen LogP contribution in [0.4, 0.5) is 0 Å². The molecule has 6 rings (SSSR count). The highest BCUT2D eigenvalue weighted by atomic mass is 16.7. The number of Topliss-reactive ketones (excluding diaryl/α,β-unsaturated/α-hetero) is 1. The van der Waals surface area contributed by atoms with Crippen LogP contribution in [0.2, 0.25) is 0 Å². The number of carbonyl (C=O) groups excluding carboxylic acids is 3. The van der Waals surface area contributed by atoms with E-state index in [9.17, 15) is 19.5 Å². The smallest absolute Gasteiger partial charge is 0.303 e. The fourth-order valence-corrected chi connectivity index (χ4v) is 9.45. The van der Waals surface area contributed by atoms with Gasteiger partial charge in [-0.15, -0.1) is 0 Å². The third kappa shape index (κ3) is 4.15. The molecule has 0 aromatic heterocycles. The first-order valence-corrected chi connectivity index (χ1v) is 14.9. The first kappa shape index (κ1) is 27.6. The highest BCUT2D eigenvalue weighted by molar-refractivity contribution is 6.01. The van der Waals surface area contributed by atoms with Crippen LogP contribution in [0.5, 0.6) is 0 Å². The van der Waals surface area contributed by atoms with Crippen molar-refractivity contribution in [3.05, 3.63) is 59.7 Å². The van der Waals surface area contributed by atoms with Gasteiger partial charge in [-0.3, -0.25) is 19.2 Å². The van der Waals surface area contributed by atoms with Gasteiger partial charge in [0.05, 0.1) is 6.10 Å². The van der Waals surface area contributed by atoms with Crippen molar-refractivity contribution in [2.75, 3.05) is 19.7 Å². The number of hydrogen-bond acceptors (Lipinski definition) is 7. The molecule has 0 amide bonds. The fourth-order valence-electron chi connectivity index (χ4n) is 9.45. The summed E-state index contributed by atoms with van der Waals surface area (Å²) in [5, 5.41) is 13.8. The molecule has 4 fully saturated rings. The summed E-state index contributed by atoms with van der Waals surface area (Å²) in [5.41, 5.74) is 0.280. The van der Waals surface area contributed by atoms with Crippen LogP contribution in [0.15, 0.2) is 54.1 Å². The van der Waals surface area contributed by atoms with Gasteiger partial charge in [-0.1, -0.05) is 55.8 Å².